The minimum atomic E-state index is -4.97. The zero-order valence-electron chi connectivity index (χ0n) is 12.9. The Labute approximate surface area is 146 Å². The molecule has 26 heavy (non-hydrogen) atoms. The second kappa shape index (κ2) is 7.48. The lowest BCUT2D eigenvalue weighted by Crippen LogP contribution is -2.19. The van der Waals surface area contributed by atoms with E-state index in [9.17, 15) is 26.4 Å². The molecule has 0 spiro atoms. The summed E-state index contributed by atoms with van der Waals surface area (Å²) in [6, 6.07) is 9.81. The van der Waals surface area contributed by atoms with E-state index in [2.05, 4.69) is 4.74 Å². The van der Waals surface area contributed by atoms with Crippen LogP contribution in [0.4, 0.5) is 18.9 Å². The Morgan fingerprint density at radius 2 is 1.69 bits per heavy atom. The van der Waals surface area contributed by atoms with Gasteiger partial charge in [0.05, 0.1) is 10.6 Å². The maximum Gasteiger partial charge on any atom is 0.573 e. The number of nitrogens with one attached hydrogen (secondary N) is 1. The van der Waals surface area contributed by atoms with Crippen LogP contribution in [0.25, 0.3) is 6.08 Å². The summed E-state index contributed by atoms with van der Waals surface area (Å²) in [6.45, 7) is 0. The number of ether oxygens (including phenoxy) is 1. The van der Waals surface area contributed by atoms with Gasteiger partial charge in [-0.2, -0.15) is 0 Å². The fraction of sp³-hybridized carbons (Fsp3) is 0.0625. The van der Waals surface area contributed by atoms with Crippen LogP contribution in [0, 0.1) is 0 Å². The molecule has 0 aliphatic heterocycles. The highest BCUT2D eigenvalue weighted by Gasteiger charge is 2.32. The molecule has 2 aromatic carbocycles. The van der Waals surface area contributed by atoms with Crippen molar-refractivity contribution in [1.82, 2.24) is 0 Å². The molecule has 2 N–H and O–H groups in total. The highest BCUT2D eigenvalue weighted by Crippen LogP contribution is 2.31. The third-order valence-corrected chi connectivity index (χ3v) is 4.35. The fourth-order valence-corrected chi connectivity index (χ4v) is 2.96. The van der Waals surface area contributed by atoms with Gasteiger partial charge in [-0.15, -0.1) is 13.2 Å². The van der Waals surface area contributed by atoms with Crippen LogP contribution in [0.3, 0.4) is 0 Å². The molecule has 0 aliphatic rings. The zero-order chi connectivity index (χ0) is 19.4. The molecule has 138 valence electrons. The Morgan fingerprint density at radius 3 is 2.27 bits per heavy atom. The van der Waals surface area contributed by atoms with E-state index in [4.69, 9.17) is 5.11 Å². The van der Waals surface area contributed by atoms with E-state index in [0.29, 0.717) is 5.56 Å². The number of benzene rings is 2. The molecule has 0 heterocycles. The van der Waals surface area contributed by atoms with Crippen molar-refractivity contribution in [3.8, 4) is 5.75 Å². The van der Waals surface area contributed by atoms with Crippen LogP contribution in [0.15, 0.2) is 59.5 Å². The molecule has 6 nitrogen and oxygen atoms in total. The maximum absolute atomic E-state index is 12.4. The summed E-state index contributed by atoms with van der Waals surface area (Å²) in [5, 5.41) is 8.54. The number of carbonyl (C=O) groups is 1. The number of sulfonamides is 1. The fourth-order valence-electron chi connectivity index (χ4n) is 1.89. The van der Waals surface area contributed by atoms with Crippen molar-refractivity contribution in [2.24, 2.45) is 0 Å². The molecule has 0 saturated carbocycles. The molecule has 0 aromatic heterocycles. The van der Waals surface area contributed by atoms with E-state index < -0.39 is 28.1 Å². The number of halogens is 3. The summed E-state index contributed by atoms with van der Waals surface area (Å²) in [4.78, 5) is 10.2. The van der Waals surface area contributed by atoms with Crippen LogP contribution in [0.2, 0.25) is 0 Å². The Morgan fingerprint density at radius 1 is 1.08 bits per heavy atom. The summed E-state index contributed by atoms with van der Waals surface area (Å²) < 4.78 is 67.7. The summed E-state index contributed by atoms with van der Waals surface area (Å²) >= 11 is 0. The number of para-hydroxylation sites is 2. The SMILES string of the molecule is O=C(O)C=Cc1ccc(S(=O)(=O)Nc2ccccc2OC(F)(F)F)cc1. The predicted molar refractivity (Wildman–Crippen MR) is 87.0 cm³/mol. The summed E-state index contributed by atoms with van der Waals surface area (Å²) in [6.07, 6.45) is -2.83. The van der Waals surface area contributed by atoms with Crippen molar-refractivity contribution in [1.29, 1.82) is 0 Å². The maximum atomic E-state index is 12.4. The standard InChI is InChI=1S/C16H12F3NO5S/c17-16(18,19)25-14-4-2-1-3-13(14)20-26(23,24)12-8-5-11(6-9-12)7-10-15(21)22/h1-10,20H,(H,21,22). The largest absolute Gasteiger partial charge is 0.573 e. The molecule has 2 aromatic rings. The lowest BCUT2D eigenvalue weighted by atomic mass is 10.2. The predicted octanol–water partition coefficient (Wildman–Crippen LogP) is 3.48. The van der Waals surface area contributed by atoms with Crippen LogP contribution in [0.5, 0.6) is 5.75 Å². The third kappa shape index (κ3) is 5.52. The molecule has 0 bridgehead atoms. The summed E-state index contributed by atoms with van der Waals surface area (Å²) in [5.41, 5.74) is 0.0619. The van der Waals surface area contributed by atoms with Crippen molar-refractivity contribution in [3.05, 3.63) is 60.2 Å². The molecule has 0 unspecified atom stereocenters. The highest BCUT2D eigenvalue weighted by atomic mass is 32.2. The number of anilines is 1. The summed E-state index contributed by atoms with van der Waals surface area (Å²) in [7, 11) is -4.18. The van der Waals surface area contributed by atoms with Crippen molar-refractivity contribution in [2.75, 3.05) is 4.72 Å². The van der Waals surface area contributed by atoms with E-state index in [-0.39, 0.29) is 10.6 Å². The minimum Gasteiger partial charge on any atom is -0.478 e. The van der Waals surface area contributed by atoms with Gasteiger partial charge in [0.1, 0.15) is 0 Å². The molecule has 0 aliphatic carbocycles. The molecular weight excluding hydrogens is 375 g/mol. The average molecular weight is 387 g/mol. The first-order valence-electron chi connectivity index (χ1n) is 6.95. The van der Waals surface area contributed by atoms with Gasteiger partial charge >= 0.3 is 12.3 Å². The van der Waals surface area contributed by atoms with Crippen LogP contribution in [-0.4, -0.2) is 25.9 Å². The van der Waals surface area contributed by atoms with E-state index in [1.807, 2.05) is 4.72 Å². The third-order valence-electron chi connectivity index (χ3n) is 2.97. The van der Waals surface area contributed by atoms with Crippen LogP contribution in [0.1, 0.15) is 5.56 Å². The smallest absolute Gasteiger partial charge is 0.478 e. The molecule has 0 atom stereocenters. The van der Waals surface area contributed by atoms with Gasteiger partial charge in [0, 0.05) is 6.08 Å². The number of aliphatic carboxylic acids is 1. The lowest BCUT2D eigenvalue weighted by molar-refractivity contribution is -0.274. The Bertz CT molecular complexity index is 922. The molecule has 2 rings (SSSR count). The monoisotopic (exact) mass is 387 g/mol. The first-order chi connectivity index (χ1) is 12.1. The molecule has 0 radical (unpaired) electrons. The molecule has 0 fully saturated rings. The number of alkyl halides is 3. The van der Waals surface area contributed by atoms with Crippen LogP contribution < -0.4 is 9.46 Å². The number of hydrogen-bond acceptors (Lipinski definition) is 4. The van der Waals surface area contributed by atoms with Crippen molar-refractivity contribution < 1.29 is 36.2 Å². The molecule has 0 amide bonds. The van der Waals surface area contributed by atoms with Crippen molar-refractivity contribution >= 4 is 27.8 Å². The topological polar surface area (TPSA) is 92.7 Å². The first kappa shape index (κ1) is 19.3. The Balaban J connectivity index is 2.25. The second-order valence-corrected chi connectivity index (χ2v) is 6.57. The molecular formula is C16H12F3NO5S. The Kier molecular flexibility index (Phi) is 5.56. The number of carboxylic acids is 1. The number of hydrogen-bond donors (Lipinski definition) is 2. The van der Waals surface area contributed by atoms with Gasteiger partial charge in [-0.05, 0) is 35.9 Å². The van der Waals surface area contributed by atoms with Crippen molar-refractivity contribution in [3.63, 3.8) is 0 Å². The van der Waals surface area contributed by atoms with E-state index >= 15 is 0 Å². The quantitative estimate of drug-likeness (QED) is 0.741. The molecule has 0 saturated heterocycles. The molecule has 10 heteroatoms. The van der Waals surface area contributed by atoms with Gasteiger partial charge in [0.25, 0.3) is 10.0 Å². The minimum absolute atomic E-state index is 0.216. The summed E-state index contributed by atoms with van der Waals surface area (Å²) in [5.74, 6) is -1.85. The van der Waals surface area contributed by atoms with E-state index in [1.165, 1.54) is 42.5 Å². The van der Waals surface area contributed by atoms with Crippen LogP contribution >= 0.6 is 0 Å². The zero-order valence-corrected chi connectivity index (χ0v) is 13.7. The van der Waals surface area contributed by atoms with E-state index in [1.54, 1.807) is 0 Å². The van der Waals surface area contributed by atoms with Gasteiger partial charge in [0.2, 0.25) is 0 Å². The number of rotatable bonds is 6. The lowest BCUT2D eigenvalue weighted by Gasteiger charge is -2.14. The van der Waals surface area contributed by atoms with Crippen LogP contribution in [-0.2, 0) is 14.8 Å². The average Bonchev–Trinajstić information content (AvgIpc) is 2.53. The highest BCUT2D eigenvalue weighted by molar-refractivity contribution is 7.92. The Hall–Kier alpha value is -3.01. The first-order valence-corrected chi connectivity index (χ1v) is 8.44. The van der Waals surface area contributed by atoms with Gasteiger partial charge in [-0.25, -0.2) is 13.2 Å². The van der Waals surface area contributed by atoms with Gasteiger partial charge in [0.15, 0.2) is 5.75 Å². The van der Waals surface area contributed by atoms with Gasteiger partial charge < -0.3 is 9.84 Å². The second-order valence-electron chi connectivity index (χ2n) is 4.89. The number of carboxylic acid groups (broad SMARTS) is 1. The normalized spacial score (nSPS) is 12.1. The van der Waals surface area contributed by atoms with E-state index in [0.717, 1.165) is 18.2 Å². The van der Waals surface area contributed by atoms with Gasteiger partial charge in [-0.1, -0.05) is 24.3 Å². The van der Waals surface area contributed by atoms with Gasteiger partial charge in [-0.3, -0.25) is 4.72 Å². The van der Waals surface area contributed by atoms with Crippen molar-refractivity contribution in [2.45, 2.75) is 11.3 Å².